The maximum atomic E-state index is 12.4. The first-order valence-electron chi connectivity index (χ1n) is 11.0. The predicted octanol–water partition coefficient (Wildman–Crippen LogP) is 2.64. The molecule has 0 radical (unpaired) electrons. The summed E-state index contributed by atoms with van der Waals surface area (Å²) in [6.07, 6.45) is 5.18. The second-order valence-corrected chi connectivity index (χ2v) is 7.83. The molecule has 1 aromatic carbocycles. The van der Waals surface area contributed by atoms with Crippen LogP contribution in [0, 0.1) is 5.92 Å². The molecular formula is C24H30N4O4. The predicted molar refractivity (Wildman–Crippen MR) is 119 cm³/mol. The first-order valence-corrected chi connectivity index (χ1v) is 11.0. The molecule has 8 heteroatoms. The zero-order chi connectivity index (χ0) is 22.6. The van der Waals surface area contributed by atoms with Gasteiger partial charge in [0.05, 0.1) is 0 Å². The van der Waals surface area contributed by atoms with Crippen LogP contribution in [0.15, 0.2) is 54.9 Å². The molecule has 0 unspecified atom stereocenters. The van der Waals surface area contributed by atoms with Crippen molar-refractivity contribution < 1.29 is 19.1 Å². The second kappa shape index (κ2) is 12.4. The van der Waals surface area contributed by atoms with Gasteiger partial charge in [-0.2, -0.15) is 0 Å². The molecule has 1 fully saturated rings. The number of nitrogens with one attached hydrogen (secondary N) is 2. The van der Waals surface area contributed by atoms with E-state index in [0.717, 1.165) is 11.1 Å². The third-order valence-electron chi connectivity index (χ3n) is 5.46. The van der Waals surface area contributed by atoms with Gasteiger partial charge < -0.3 is 20.3 Å². The first kappa shape index (κ1) is 23.2. The zero-order valence-corrected chi connectivity index (χ0v) is 18.2. The summed E-state index contributed by atoms with van der Waals surface area (Å²) in [5.74, 6) is 0.00890. The van der Waals surface area contributed by atoms with Crippen molar-refractivity contribution in [2.24, 2.45) is 5.92 Å². The lowest BCUT2D eigenvalue weighted by molar-refractivity contribution is -0.135. The zero-order valence-electron chi connectivity index (χ0n) is 18.2. The van der Waals surface area contributed by atoms with Crippen LogP contribution in [0.1, 0.15) is 36.8 Å². The molecule has 170 valence electrons. The molecule has 1 saturated heterocycles. The number of carbonyl (C=O) groups excluding carboxylic acids is 3. The Morgan fingerprint density at radius 2 is 1.75 bits per heavy atom. The first-order chi connectivity index (χ1) is 15.6. The summed E-state index contributed by atoms with van der Waals surface area (Å²) in [6.45, 7) is 2.22. The fraction of sp³-hybridized carbons (Fsp3) is 0.417. The van der Waals surface area contributed by atoms with E-state index in [1.54, 1.807) is 17.3 Å². The number of amides is 3. The normalized spacial score (nSPS) is 13.9. The third-order valence-corrected chi connectivity index (χ3v) is 5.46. The number of nitrogens with zero attached hydrogens (tertiary/aromatic N) is 2. The SMILES string of the molecule is O=C(NCCCC(=O)N1CCC(C(=O)NCc2cccnc2)CC1)OCc1ccccc1. The summed E-state index contributed by atoms with van der Waals surface area (Å²) in [5, 5.41) is 5.62. The van der Waals surface area contributed by atoms with Gasteiger partial charge in [-0.1, -0.05) is 36.4 Å². The standard InChI is InChI=1S/C24H30N4O4/c29-22(9-5-13-26-24(31)32-18-19-6-2-1-3-7-19)28-14-10-21(11-15-28)23(30)27-17-20-8-4-12-25-16-20/h1-4,6-8,12,16,21H,5,9-11,13-15,17-18H2,(H,26,31)(H,27,30). The Morgan fingerprint density at radius 3 is 2.47 bits per heavy atom. The molecule has 3 amide bonds. The molecule has 1 aliphatic rings. The summed E-state index contributed by atoms with van der Waals surface area (Å²) in [7, 11) is 0. The lowest BCUT2D eigenvalue weighted by Crippen LogP contribution is -2.43. The minimum Gasteiger partial charge on any atom is -0.445 e. The summed E-state index contributed by atoms with van der Waals surface area (Å²) in [5.41, 5.74) is 1.89. The number of piperidine rings is 1. The van der Waals surface area contributed by atoms with Crippen LogP contribution in [0.3, 0.4) is 0 Å². The minimum absolute atomic E-state index is 0.0270. The van der Waals surface area contributed by atoms with Crippen molar-refractivity contribution in [1.82, 2.24) is 20.5 Å². The Labute approximate surface area is 188 Å². The lowest BCUT2D eigenvalue weighted by Gasteiger charge is -2.31. The largest absolute Gasteiger partial charge is 0.445 e. The molecule has 2 heterocycles. The van der Waals surface area contributed by atoms with Crippen molar-refractivity contribution >= 4 is 17.9 Å². The van der Waals surface area contributed by atoms with Gasteiger partial charge in [-0.15, -0.1) is 0 Å². The van der Waals surface area contributed by atoms with E-state index in [1.807, 2.05) is 42.5 Å². The van der Waals surface area contributed by atoms with E-state index < -0.39 is 6.09 Å². The van der Waals surface area contributed by atoms with E-state index in [4.69, 9.17) is 4.74 Å². The molecule has 0 aliphatic carbocycles. The fourth-order valence-corrected chi connectivity index (χ4v) is 3.59. The van der Waals surface area contributed by atoms with E-state index in [1.165, 1.54) is 0 Å². The highest BCUT2D eigenvalue weighted by molar-refractivity contribution is 5.80. The Morgan fingerprint density at radius 1 is 1.00 bits per heavy atom. The van der Waals surface area contributed by atoms with Crippen LogP contribution in [0.5, 0.6) is 0 Å². The lowest BCUT2D eigenvalue weighted by atomic mass is 9.95. The van der Waals surface area contributed by atoms with Crippen molar-refractivity contribution in [2.45, 2.75) is 38.8 Å². The molecule has 32 heavy (non-hydrogen) atoms. The van der Waals surface area contributed by atoms with E-state index in [2.05, 4.69) is 15.6 Å². The molecule has 8 nitrogen and oxygen atoms in total. The minimum atomic E-state index is -0.487. The summed E-state index contributed by atoms with van der Waals surface area (Å²) in [6, 6.07) is 13.2. The van der Waals surface area contributed by atoms with Crippen LogP contribution in [0.25, 0.3) is 0 Å². The number of hydrogen-bond acceptors (Lipinski definition) is 5. The van der Waals surface area contributed by atoms with Crippen molar-refractivity contribution in [3.8, 4) is 0 Å². The van der Waals surface area contributed by atoms with Gasteiger partial charge in [-0.3, -0.25) is 14.6 Å². The van der Waals surface area contributed by atoms with Crippen LogP contribution in [0.4, 0.5) is 4.79 Å². The molecule has 2 N–H and O–H groups in total. The Bertz CT molecular complexity index is 868. The van der Waals surface area contributed by atoms with Crippen LogP contribution in [-0.4, -0.2) is 47.4 Å². The molecule has 0 atom stereocenters. The van der Waals surface area contributed by atoms with Gasteiger partial charge in [0.15, 0.2) is 0 Å². The van der Waals surface area contributed by atoms with Crippen molar-refractivity contribution in [3.63, 3.8) is 0 Å². The number of alkyl carbamates (subject to hydrolysis) is 1. The molecule has 0 bridgehead atoms. The van der Waals surface area contributed by atoms with Gasteiger partial charge in [0.2, 0.25) is 11.8 Å². The van der Waals surface area contributed by atoms with E-state index >= 15 is 0 Å². The number of pyridine rings is 1. The van der Waals surface area contributed by atoms with Gasteiger partial charge in [0.25, 0.3) is 0 Å². The van der Waals surface area contributed by atoms with Gasteiger partial charge in [0.1, 0.15) is 6.61 Å². The summed E-state index contributed by atoms with van der Waals surface area (Å²) in [4.78, 5) is 42.4. The Balaban J connectivity index is 1.26. The number of benzene rings is 1. The topological polar surface area (TPSA) is 101 Å². The molecule has 1 aromatic heterocycles. The van der Waals surface area contributed by atoms with Crippen LogP contribution < -0.4 is 10.6 Å². The van der Waals surface area contributed by atoms with E-state index in [9.17, 15) is 14.4 Å². The van der Waals surface area contributed by atoms with Crippen LogP contribution in [-0.2, 0) is 27.5 Å². The average Bonchev–Trinajstić information content (AvgIpc) is 2.85. The second-order valence-electron chi connectivity index (χ2n) is 7.83. The van der Waals surface area contributed by atoms with Gasteiger partial charge in [0, 0.05) is 50.9 Å². The number of likely N-dealkylation sites (tertiary alicyclic amines) is 1. The average molecular weight is 439 g/mol. The Hall–Kier alpha value is -3.42. The van der Waals surface area contributed by atoms with E-state index in [0.29, 0.717) is 51.9 Å². The highest BCUT2D eigenvalue weighted by atomic mass is 16.5. The highest BCUT2D eigenvalue weighted by Crippen LogP contribution is 2.18. The molecule has 1 aliphatic heterocycles. The molecular weight excluding hydrogens is 408 g/mol. The number of aromatic nitrogens is 1. The van der Waals surface area contributed by atoms with Gasteiger partial charge in [-0.25, -0.2) is 4.79 Å². The molecule has 3 rings (SSSR count). The number of rotatable bonds is 9. The third kappa shape index (κ3) is 7.68. The Kier molecular flexibility index (Phi) is 9.04. The maximum Gasteiger partial charge on any atom is 0.407 e. The smallest absolute Gasteiger partial charge is 0.407 e. The van der Waals surface area contributed by atoms with Crippen LogP contribution in [0.2, 0.25) is 0 Å². The molecule has 2 aromatic rings. The van der Waals surface area contributed by atoms with Crippen molar-refractivity contribution in [2.75, 3.05) is 19.6 Å². The van der Waals surface area contributed by atoms with Gasteiger partial charge in [-0.05, 0) is 36.5 Å². The van der Waals surface area contributed by atoms with Crippen LogP contribution >= 0.6 is 0 Å². The molecule has 0 saturated carbocycles. The monoisotopic (exact) mass is 438 g/mol. The van der Waals surface area contributed by atoms with Crippen molar-refractivity contribution in [1.29, 1.82) is 0 Å². The fourth-order valence-electron chi connectivity index (χ4n) is 3.59. The number of ether oxygens (including phenoxy) is 1. The molecule has 0 spiro atoms. The van der Waals surface area contributed by atoms with Crippen molar-refractivity contribution in [3.05, 3.63) is 66.0 Å². The highest BCUT2D eigenvalue weighted by Gasteiger charge is 2.26. The number of carbonyl (C=O) groups is 3. The summed E-state index contributed by atoms with van der Waals surface area (Å²) >= 11 is 0. The quantitative estimate of drug-likeness (QED) is 0.586. The number of hydrogen-bond donors (Lipinski definition) is 2. The maximum absolute atomic E-state index is 12.4. The summed E-state index contributed by atoms with van der Waals surface area (Å²) < 4.78 is 5.15. The van der Waals surface area contributed by atoms with Gasteiger partial charge >= 0.3 is 6.09 Å². The van der Waals surface area contributed by atoms with E-state index in [-0.39, 0.29) is 24.3 Å².